The van der Waals surface area contributed by atoms with E-state index >= 15 is 0 Å². The second kappa shape index (κ2) is 8.19. The number of thioether (sulfide) groups is 1. The molecule has 2 aromatic carbocycles. The summed E-state index contributed by atoms with van der Waals surface area (Å²) in [7, 11) is 0. The third kappa shape index (κ3) is 4.14. The van der Waals surface area contributed by atoms with Crippen LogP contribution in [0, 0.1) is 5.82 Å². The number of ether oxygens (including phenoxy) is 1. The first-order valence-electron chi connectivity index (χ1n) is 8.39. The van der Waals surface area contributed by atoms with Gasteiger partial charge in [-0.2, -0.15) is 0 Å². The molecule has 1 aliphatic rings. The van der Waals surface area contributed by atoms with Gasteiger partial charge in [0, 0.05) is 6.54 Å². The molecular weight excluding hydrogens is 351 g/mol. The minimum atomic E-state index is -0.314. The molecule has 0 atom stereocenters. The second-order valence-electron chi connectivity index (χ2n) is 5.54. The van der Waals surface area contributed by atoms with Crippen LogP contribution in [-0.4, -0.2) is 29.1 Å². The molecule has 4 nitrogen and oxygen atoms in total. The lowest BCUT2D eigenvalue weighted by atomic mass is 10.2. The first-order chi connectivity index (χ1) is 12.6. The van der Waals surface area contributed by atoms with Crippen LogP contribution in [0.2, 0.25) is 0 Å². The van der Waals surface area contributed by atoms with E-state index in [1.807, 2.05) is 44.2 Å². The van der Waals surface area contributed by atoms with Gasteiger partial charge in [0.25, 0.3) is 5.91 Å². The van der Waals surface area contributed by atoms with Gasteiger partial charge < -0.3 is 4.74 Å². The number of amides is 1. The van der Waals surface area contributed by atoms with Crippen molar-refractivity contribution < 1.29 is 13.9 Å². The molecule has 1 fully saturated rings. The van der Waals surface area contributed by atoms with Crippen LogP contribution in [0.1, 0.15) is 19.4 Å². The Labute approximate surface area is 156 Å². The highest BCUT2D eigenvalue weighted by Crippen LogP contribution is 2.34. The van der Waals surface area contributed by atoms with E-state index in [-0.39, 0.29) is 11.7 Å². The summed E-state index contributed by atoms with van der Waals surface area (Å²) < 4.78 is 18.6. The lowest BCUT2D eigenvalue weighted by Crippen LogP contribution is -2.28. The van der Waals surface area contributed by atoms with E-state index in [9.17, 15) is 9.18 Å². The van der Waals surface area contributed by atoms with E-state index in [1.165, 1.54) is 23.9 Å². The Morgan fingerprint density at radius 1 is 1.19 bits per heavy atom. The van der Waals surface area contributed by atoms with Crippen molar-refractivity contribution in [3.8, 4) is 5.75 Å². The van der Waals surface area contributed by atoms with Crippen molar-refractivity contribution in [1.29, 1.82) is 0 Å². The SMILES string of the molecule is CCOc1cccc(/C=C2/SC(=Nc3ccc(F)cc3)N(CC)C2=O)c1. The molecule has 0 spiro atoms. The molecule has 0 aromatic heterocycles. The predicted molar refractivity (Wildman–Crippen MR) is 104 cm³/mol. The van der Waals surface area contributed by atoms with Gasteiger partial charge in [-0.05, 0) is 73.6 Å². The highest BCUT2D eigenvalue weighted by Gasteiger charge is 2.32. The largest absolute Gasteiger partial charge is 0.494 e. The Morgan fingerprint density at radius 3 is 2.65 bits per heavy atom. The Kier molecular flexibility index (Phi) is 5.73. The minimum absolute atomic E-state index is 0.0832. The molecule has 0 radical (unpaired) electrons. The van der Waals surface area contributed by atoms with Gasteiger partial charge in [-0.1, -0.05) is 12.1 Å². The number of nitrogens with zero attached hydrogens (tertiary/aromatic N) is 2. The van der Waals surface area contributed by atoms with E-state index in [0.29, 0.717) is 28.9 Å². The molecule has 0 bridgehead atoms. The zero-order chi connectivity index (χ0) is 18.5. The van der Waals surface area contributed by atoms with Crippen LogP contribution in [-0.2, 0) is 4.79 Å². The number of hydrogen-bond acceptors (Lipinski definition) is 4. The van der Waals surface area contributed by atoms with Crippen LogP contribution in [0.25, 0.3) is 6.08 Å². The van der Waals surface area contributed by atoms with Gasteiger partial charge in [0.05, 0.1) is 17.2 Å². The molecule has 1 aliphatic heterocycles. The van der Waals surface area contributed by atoms with Crippen molar-refractivity contribution in [1.82, 2.24) is 4.90 Å². The number of likely N-dealkylation sites (N-methyl/N-ethyl adjacent to an activating group) is 1. The number of benzene rings is 2. The molecule has 6 heteroatoms. The van der Waals surface area contributed by atoms with E-state index in [4.69, 9.17) is 4.74 Å². The van der Waals surface area contributed by atoms with Crippen LogP contribution in [0.3, 0.4) is 0 Å². The van der Waals surface area contributed by atoms with E-state index in [0.717, 1.165) is 11.3 Å². The topological polar surface area (TPSA) is 41.9 Å². The molecule has 134 valence electrons. The van der Waals surface area contributed by atoms with Crippen molar-refractivity contribution in [2.45, 2.75) is 13.8 Å². The van der Waals surface area contributed by atoms with Crippen molar-refractivity contribution in [3.63, 3.8) is 0 Å². The normalized spacial score (nSPS) is 17.3. The van der Waals surface area contributed by atoms with Crippen LogP contribution in [0.15, 0.2) is 58.4 Å². The van der Waals surface area contributed by atoms with Gasteiger partial charge in [0.1, 0.15) is 11.6 Å². The Morgan fingerprint density at radius 2 is 1.96 bits per heavy atom. The quantitative estimate of drug-likeness (QED) is 0.707. The maximum Gasteiger partial charge on any atom is 0.266 e. The molecule has 0 N–H and O–H groups in total. The van der Waals surface area contributed by atoms with Crippen molar-refractivity contribution in [2.75, 3.05) is 13.2 Å². The summed E-state index contributed by atoms with van der Waals surface area (Å²) in [4.78, 5) is 19.4. The Hall–Kier alpha value is -2.60. The summed E-state index contributed by atoms with van der Waals surface area (Å²) in [6.07, 6.45) is 1.84. The zero-order valence-corrected chi connectivity index (χ0v) is 15.4. The van der Waals surface area contributed by atoms with Crippen LogP contribution < -0.4 is 4.74 Å². The number of carbonyl (C=O) groups excluding carboxylic acids is 1. The maximum absolute atomic E-state index is 13.1. The maximum atomic E-state index is 13.1. The smallest absolute Gasteiger partial charge is 0.266 e. The number of rotatable bonds is 5. The van der Waals surface area contributed by atoms with E-state index < -0.39 is 0 Å². The Balaban J connectivity index is 1.89. The summed E-state index contributed by atoms with van der Waals surface area (Å²) in [6.45, 7) is 4.93. The van der Waals surface area contributed by atoms with Crippen LogP contribution >= 0.6 is 11.8 Å². The average molecular weight is 370 g/mol. The minimum Gasteiger partial charge on any atom is -0.494 e. The molecule has 26 heavy (non-hydrogen) atoms. The molecule has 3 rings (SSSR count). The second-order valence-corrected chi connectivity index (χ2v) is 6.55. The first-order valence-corrected chi connectivity index (χ1v) is 9.21. The lowest BCUT2D eigenvalue weighted by molar-refractivity contribution is -0.122. The number of halogens is 1. The van der Waals surface area contributed by atoms with Gasteiger partial charge >= 0.3 is 0 Å². The lowest BCUT2D eigenvalue weighted by Gasteiger charge is -2.11. The fourth-order valence-electron chi connectivity index (χ4n) is 2.51. The number of hydrogen-bond donors (Lipinski definition) is 0. The molecule has 0 unspecified atom stereocenters. The highest BCUT2D eigenvalue weighted by molar-refractivity contribution is 8.18. The third-order valence-electron chi connectivity index (χ3n) is 3.72. The van der Waals surface area contributed by atoms with Gasteiger partial charge in [0.2, 0.25) is 0 Å². The molecule has 1 heterocycles. The van der Waals surface area contributed by atoms with Crippen molar-refractivity contribution in [2.24, 2.45) is 4.99 Å². The summed E-state index contributed by atoms with van der Waals surface area (Å²) in [6, 6.07) is 13.5. The molecule has 2 aromatic rings. The fraction of sp³-hybridized carbons (Fsp3) is 0.200. The summed E-state index contributed by atoms with van der Waals surface area (Å²) in [5.41, 5.74) is 1.51. The zero-order valence-electron chi connectivity index (χ0n) is 14.6. The molecular formula is C20H19FN2O2S. The van der Waals surface area contributed by atoms with Gasteiger partial charge in [-0.25, -0.2) is 9.38 Å². The van der Waals surface area contributed by atoms with E-state index in [1.54, 1.807) is 17.0 Å². The highest BCUT2D eigenvalue weighted by atomic mass is 32.2. The van der Waals surface area contributed by atoms with Crippen molar-refractivity contribution in [3.05, 3.63) is 64.8 Å². The van der Waals surface area contributed by atoms with Gasteiger partial charge in [-0.3, -0.25) is 9.69 Å². The van der Waals surface area contributed by atoms with Crippen molar-refractivity contribution >= 4 is 34.6 Å². The predicted octanol–water partition coefficient (Wildman–Crippen LogP) is 4.85. The molecule has 0 aliphatic carbocycles. The summed E-state index contributed by atoms with van der Waals surface area (Å²) in [5, 5.41) is 0.594. The van der Waals surface area contributed by atoms with Gasteiger partial charge in [0.15, 0.2) is 5.17 Å². The number of amidine groups is 1. The number of aliphatic imine (C=N–C) groups is 1. The molecule has 0 saturated carbocycles. The Bertz CT molecular complexity index is 862. The van der Waals surface area contributed by atoms with Crippen LogP contribution in [0.5, 0.6) is 5.75 Å². The standard InChI is InChI=1S/C20H19FN2O2S/c1-3-23-19(24)18(13-14-6-5-7-17(12-14)25-4-2)26-20(23)22-16-10-8-15(21)9-11-16/h5-13H,3-4H2,1-2H3/b18-13+,22-20?. The first kappa shape index (κ1) is 18.2. The third-order valence-corrected chi connectivity index (χ3v) is 4.73. The van der Waals surface area contributed by atoms with Crippen LogP contribution in [0.4, 0.5) is 10.1 Å². The molecule has 1 amide bonds. The number of carbonyl (C=O) groups is 1. The fourth-order valence-corrected chi connectivity index (χ4v) is 3.57. The van der Waals surface area contributed by atoms with E-state index in [2.05, 4.69) is 4.99 Å². The average Bonchev–Trinajstić information content (AvgIpc) is 2.92. The molecule has 1 saturated heterocycles. The summed E-state index contributed by atoms with van der Waals surface area (Å²) in [5.74, 6) is 0.372. The monoisotopic (exact) mass is 370 g/mol. The van der Waals surface area contributed by atoms with Gasteiger partial charge in [-0.15, -0.1) is 0 Å². The summed E-state index contributed by atoms with van der Waals surface area (Å²) >= 11 is 1.32.